The largest absolute Gasteiger partial charge is 0.339 e. The minimum Gasteiger partial charge on any atom is -0.339 e. The molecule has 8 heteroatoms. The first kappa shape index (κ1) is 27.3. The number of benzene rings is 1. The van der Waals surface area contributed by atoms with Crippen LogP contribution in [0.3, 0.4) is 0 Å². The molecule has 1 amide bonds. The van der Waals surface area contributed by atoms with Crippen molar-refractivity contribution in [2.75, 3.05) is 7.05 Å². The number of aromatic nitrogens is 5. The Morgan fingerprint density at radius 3 is 2.46 bits per heavy atom. The molecule has 2 bridgehead atoms. The molecular formula is C33H39N7O. The van der Waals surface area contributed by atoms with Crippen LogP contribution < -0.4 is 0 Å². The highest BCUT2D eigenvalue weighted by atomic mass is 16.2. The summed E-state index contributed by atoms with van der Waals surface area (Å²) in [5.41, 5.74) is 5.41. The number of carbonyl (C=O) groups is 1. The molecule has 0 aliphatic carbocycles. The summed E-state index contributed by atoms with van der Waals surface area (Å²) < 4.78 is 1.92. The van der Waals surface area contributed by atoms with Crippen molar-refractivity contribution < 1.29 is 4.79 Å². The lowest BCUT2D eigenvalue weighted by atomic mass is 9.94. The van der Waals surface area contributed by atoms with Crippen LogP contribution in [0.2, 0.25) is 0 Å². The van der Waals surface area contributed by atoms with Gasteiger partial charge in [-0.2, -0.15) is 5.10 Å². The van der Waals surface area contributed by atoms with Crippen LogP contribution in [-0.4, -0.2) is 71.7 Å². The fourth-order valence-corrected chi connectivity index (χ4v) is 6.78. The second kappa shape index (κ2) is 11.5. The highest BCUT2D eigenvalue weighted by Crippen LogP contribution is 2.39. The summed E-state index contributed by atoms with van der Waals surface area (Å²) in [6.45, 7) is 7.43. The number of piperidine rings is 1. The minimum absolute atomic E-state index is 0.105. The lowest BCUT2D eigenvalue weighted by Gasteiger charge is -2.44. The summed E-state index contributed by atoms with van der Waals surface area (Å²) in [6.07, 6.45) is 12.7. The standard InChI is InChI=1S/C33H39N7O/c1-5-39-21-29(32(37-39)25-7-6-15-34-20-25)30-14-16-35-31(36-30)17-23-8-10-24(11-9-23)33(41)38(4)28-18-26-12-13-27(19-28)40(26)22(2)3/h6-11,14-16,20-22,26-28H,5,12-13,17-19H2,1-4H3. The molecule has 2 fully saturated rings. The van der Waals surface area contributed by atoms with Crippen LogP contribution >= 0.6 is 0 Å². The van der Waals surface area contributed by atoms with Crippen molar-refractivity contribution in [3.05, 3.63) is 84.2 Å². The zero-order valence-electron chi connectivity index (χ0n) is 24.4. The van der Waals surface area contributed by atoms with Gasteiger partial charge >= 0.3 is 0 Å². The molecule has 2 aliphatic rings. The smallest absolute Gasteiger partial charge is 0.253 e. The van der Waals surface area contributed by atoms with Gasteiger partial charge in [-0.05, 0) is 82.3 Å². The van der Waals surface area contributed by atoms with Crippen LogP contribution in [0.1, 0.15) is 68.2 Å². The van der Waals surface area contributed by atoms with E-state index in [2.05, 4.69) is 35.6 Å². The number of rotatable bonds is 8. The third-order valence-electron chi connectivity index (χ3n) is 8.79. The molecule has 6 rings (SSSR count). The van der Waals surface area contributed by atoms with Crippen LogP contribution in [0.25, 0.3) is 22.5 Å². The van der Waals surface area contributed by atoms with E-state index in [4.69, 9.17) is 10.1 Å². The Morgan fingerprint density at radius 2 is 1.80 bits per heavy atom. The van der Waals surface area contributed by atoms with Crippen LogP contribution in [0, 0.1) is 0 Å². The summed E-state index contributed by atoms with van der Waals surface area (Å²) in [5.74, 6) is 0.834. The van der Waals surface area contributed by atoms with E-state index >= 15 is 0 Å². The Labute approximate surface area is 242 Å². The third-order valence-corrected chi connectivity index (χ3v) is 8.79. The SMILES string of the molecule is CCn1cc(-c2ccnc(Cc3ccc(C(=O)N(C)C4CC5CCC(C4)N5C(C)C)cc3)n2)c(-c2cccnc2)n1. The molecule has 0 radical (unpaired) electrons. The first-order valence-electron chi connectivity index (χ1n) is 14.8. The van der Waals surface area contributed by atoms with Gasteiger partial charge in [0.1, 0.15) is 11.5 Å². The maximum Gasteiger partial charge on any atom is 0.253 e. The molecule has 0 spiro atoms. The van der Waals surface area contributed by atoms with Gasteiger partial charge in [0.25, 0.3) is 5.91 Å². The predicted molar refractivity (Wildman–Crippen MR) is 160 cm³/mol. The van der Waals surface area contributed by atoms with Gasteiger partial charge in [0.2, 0.25) is 0 Å². The number of pyridine rings is 1. The predicted octanol–water partition coefficient (Wildman–Crippen LogP) is 5.49. The molecule has 41 heavy (non-hydrogen) atoms. The summed E-state index contributed by atoms with van der Waals surface area (Å²) in [5, 5.41) is 4.76. The zero-order valence-corrected chi connectivity index (χ0v) is 24.4. The van der Waals surface area contributed by atoms with Crippen molar-refractivity contribution in [1.82, 2.24) is 34.5 Å². The number of hydrogen-bond donors (Lipinski definition) is 0. The van der Waals surface area contributed by atoms with Gasteiger partial charge in [0.05, 0.1) is 5.69 Å². The van der Waals surface area contributed by atoms with Gasteiger partial charge in [0.15, 0.2) is 0 Å². The highest BCUT2D eigenvalue weighted by Gasteiger charge is 2.43. The lowest BCUT2D eigenvalue weighted by Crippen LogP contribution is -2.52. The Morgan fingerprint density at radius 1 is 1.05 bits per heavy atom. The number of carbonyl (C=O) groups excluding carboxylic acids is 1. The van der Waals surface area contributed by atoms with Crippen molar-refractivity contribution in [2.45, 2.75) is 83.6 Å². The van der Waals surface area contributed by atoms with E-state index in [1.807, 2.05) is 71.5 Å². The summed E-state index contributed by atoms with van der Waals surface area (Å²) >= 11 is 0. The number of hydrogen-bond acceptors (Lipinski definition) is 6. The van der Waals surface area contributed by atoms with Crippen molar-refractivity contribution >= 4 is 5.91 Å². The van der Waals surface area contributed by atoms with E-state index in [0.29, 0.717) is 30.6 Å². The van der Waals surface area contributed by atoms with Crippen molar-refractivity contribution in [3.8, 4) is 22.5 Å². The number of fused-ring (bicyclic) bond motifs is 2. The van der Waals surface area contributed by atoms with E-state index in [0.717, 1.165) is 58.9 Å². The van der Waals surface area contributed by atoms with E-state index in [1.54, 1.807) is 12.4 Å². The Hall–Kier alpha value is -3.91. The molecule has 2 saturated heterocycles. The average Bonchev–Trinajstić information content (AvgIpc) is 3.56. The van der Waals surface area contributed by atoms with E-state index in [-0.39, 0.29) is 5.91 Å². The molecule has 2 aliphatic heterocycles. The van der Waals surface area contributed by atoms with Gasteiger partial charge in [-0.3, -0.25) is 19.4 Å². The molecule has 8 nitrogen and oxygen atoms in total. The van der Waals surface area contributed by atoms with Crippen molar-refractivity contribution in [1.29, 1.82) is 0 Å². The zero-order chi connectivity index (χ0) is 28.5. The van der Waals surface area contributed by atoms with Gasteiger partial charge in [-0.1, -0.05) is 12.1 Å². The second-order valence-electron chi connectivity index (χ2n) is 11.7. The fourth-order valence-electron chi connectivity index (χ4n) is 6.78. The summed E-state index contributed by atoms with van der Waals surface area (Å²) in [6, 6.07) is 15.9. The molecule has 1 aromatic carbocycles. The molecule has 4 aromatic rings. The Bertz CT molecular complexity index is 1480. The second-order valence-corrected chi connectivity index (χ2v) is 11.7. The molecule has 2 atom stereocenters. The van der Waals surface area contributed by atoms with Crippen LogP contribution in [-0.2, 0) is 13.0 Å². The van der Waals surface area contributed by atoms with Gasteiger partial charge in [-0.25, -0.2) is 9.97 Å². The summed E-state index contributed by atoms with van der Waals surface area (Å²) in [7, 11) is 1.98. The fraction of sp³-hybridized carbons (Fsp3) is 0.424. The maximum atomic E-state index is 13.4. The number of amides is 1. The molecule has 0 N–H and O–H groups in total. The highest BCUT2D eigenvalue weighted by molar-refractivity contribution is 5.94. The topological polar surface area (TPSA) is 80.0 Å². The minimum atomic E-state index is 0.105. The van der Waals surface area contributed by atoms with Crippen LogP contribution in [0.4, 0.5) is 0 Å². The number of nitrogens with zero attached hydrogens (tertiary/aromatic N) is 7. The molecule has 0 saturated carbocycles. The van der Waals surface area contributed by atoms with E-state index in [9.17, 15) is 4.79 Å². The average molecular weight is 550 g/mol. The van der Waals surface area contributed by atoms with Crippen molar-refractivity contribution in [3.63, 3.8) is 0 Å². The van der Waals surface area contributed by atoms with Gasteiger partial charge in [0, 0.05) is 85.7 Å². The third kappa shape index (κ3) is 5.53. The molecular weight excluding hydrogens is 510 g/mol. The Kier molecular flexibility index (Phi) is 7.67. The quantitative estimate of drug-likeness (QED) is 0.289. The molecule has 212 valence electrons. The molecule has 3 aromatic heterocycles. The molecule has 5 heterocycles. The van der Waals surface area contributed by atoms with E-state index < -0.39 is 0 Å². The Balaban J connectivity index is 1.15. The first-order chi connectivity index (χ1) is 19.9. The van der Waals surface area contributed by atoms with Crippen LogP contribution in [0.5, 0.6) is 0 Å². The van der Waals surface area contributed by atoms with Gasteiger partial charge < -0.3 is 4.90 Å². The lowest BCUT2D eigenvalue weighted by molar-refractivity contribution is 0.0397. The van der Waals surface area contributed by atoms with Gasteiger partial charge in [-0.15, -0.1) is 0 Å². The van der Waals surface area contributed by atoms with E-state index in [1.165, 1.54) is 12.8 Å². The van der Waals surface area contributed by atoms with Crippen LogP contribution in [0.15, 0.2) is 67.3 Å². The normalized spacial score (nSPS) is 20.5. The molecule has 2 unspecified atom stereocenters. The number of aryl methyl sites for hydroxylation is 1. The monoisotopic (exact) mass is 549 g/mol. The summed E-state index contributed by atoms with van der Waals surface area (Å²) in [4.78, 5) is 31.8. The first-order valence-corrected chi connectivity index (χ1v) is 14.8. The maximum absolute atomic E-state index is 13.4. The van der Waals surface area contributed by atoms with Crippen molar-refractivity contribution in [2.24, 2.45) is 0 Å².